The molecule has 0 bridgehead atoms. The molecule has 1 aliphatic heterocycles. The second-order valence-corrected chi connectivity index (χ2v) is 5.56. The van der Waals surface area contributed by atoms with Gasteiger partial charge >= 0.3 is 0 Å². The van der Waals surface area contributed by atoms with Crippen LogP contribution in [0.2, 0.25) is 0 Å². The third-order valence-electron chi connectivity index (χ3n) is 4.05. The second kappa shape index (κ2) is 7.14. The molecule has 1 N–H and O–H groups in total. The summed E-state index contributed by atoms with van der Waals surface area (Å²) in [6.45, 7) is 8.24. The highest BCUT2D eigenvalue weighted by molar-refractivity contribution is 5.44. The highest BCUT2D eigenvalue weighted by Gasteiger charge is 2.38. The van der Waals surface area contributed by atoms with E-state index in [2.05, 4.69) is 24.4 Å². The minimum atomic E-state index is -0.161. The van der Waals surface area contributed by atoms with Crippen LogP contribution in [-0.2, 0) is 4.74 Å². The van der Waals surface area contributed by atoms with Crippen LogP contribution in [0.25, 0.3) is 0 Å². The van der Waals surface area contributed by atoms with E-state index in [1.54, 1.807) is 0 Å². The summed E-state index contributed by atoms with van der Waals surface area (Å²) >= 11 is 0. The SMILES string of the molecule is CCOc1ccc(C(NC)C2(C)CCCO2)cc1OCC. The first-order valence-electron chi connectivity index (χ1n) is 7.85. The van der Waals surface area contributed by atoms with Crippen LogP contribution >= 0.6 is 0 Å². The van der Waals surface area contributed by atoms with E-state index >= 15 is 0 Å². The summed E-state index contributed by atoms with van der Waals surface area (Å²) in [5, 5.41) is 3.40. The molecule has 1 aliphatic rings. The van der Waals surface area contributed by atoms with Crippen molar-refractivity contribution in [1.82, 2.24) is 5.32 Å². The van der Waals surface area contributed by atoms with Gasteiger partial charge in [0.1, 0.15) is 0 Å². The van der Waals surface area contributed by atoms with Gasteiger partial charge in [0.2, 0.25) is 0 Å². The third kappa shape index (κ3) is 3.50. The van der Waals surface area contributed by atoms with Crippen LogP contribution in [0, 0.1) is 0 Å². The summed E-state index contributed by atoms with van der Waals surface area (Å²) in [5.41, 5.74) is 1.01. The Labute approximate surface area is 127 Å². The molecule has 0 spiro atoms. The van der Waals surface area contributed by atoms with E-state index in [1.807, 2.05) is 27.0 Å². The van der Waals surface area contributed by atoms with Gasteiger partial charge in [0.15, 0.2) is 11.5 Å². The van der Waals surface area contributed by atoms with Gasteiger partial charge in [-0.05, 0) is 58.4 Å². The minimum absolute atomic E-state index is 0.148. The zero-order valence-electron chi connectivity index (χ0n) is 13.6. The molecule has 0 aliphatic carbocycles. The lowest BCUT2D eigenvalue weighted by molar-refractivity contribution is -0.0105. The van der Waals surface area contributed by atoms with Crippen LogP contribution in [0.3, 0.4) is 0 Å². The third-order valence-corrected chi connectivity index (χ3v) is 4.05. The van der Waals surface area contributed by atoms with Gasteiger partial charge in [-0.1, -0.05) is 6.07 Å². The Hall–Kier alpha value is -1.26. The van der Waals surface area contributed by atoms with Gasteiger partial charge in [0.25, 0.3) is 0 Å². The number of benzene rings is 1. The Bertz CT molecular complexity index is 455. The predicted molar refractivity (Wildman–Crippen MR) is 84.2 cm³/mol. The lowest BCUT2D eigenvalue weighted by atomic mass is 9.87. The van der Waals surface area contributed by atoms with Gasteiger partial charge in [-0.3, -0.25) is 0 Å². The molecular weight excluding hydrogens is 266 g/mol. The van der Waals surface area contributed by atoms with Crippen molar-refractivity contribution in [2.24, 2.45) is 0 Å². The Morgan fingerprint density at radius 3 is 2.52 bits per heavy atom. The first-order chi connectivity index (χ1) is 10.1. The van der Waals surface area contributed by atoms with Gasteiger partial charge in [0.05, 0.1) is 24.9 Å². The predicted octanol–water partition coefficient (Wildman–Crippen LogP) is 3.31. The van der Waals surface area contributed by atoms with Crippen molar-refractivity contribution in [3.05, 3.63) is 23.8 Å². The molecule has 4 nitrogen and oxygen atoms in total. The number of rotatable bonds is 7. The van der Waals surface area contributed by atoms with Gasteiger partial charge in [0, 0.05) is 6.61 Å². The van der Waals surface area contributed by atoms with Crippen molar-refractivity contribution in [3.63, 3.8) is 0 Å². The molecule has 1 aromatic carbocycles. The van der Waals surface area contributed by atoms with E-state index in [9.17, 15) is 0 Å². The van der Waals surface area contributed by atoms with E-state index < -0.39 is 0 Å². The summed E-state index contributed by atoms with van der Waals surface area (Å²) in [7, 11) is 1.98. The molecule has 118 valence electrons. The van der Waals surface area contributed by atoms with Crippen molar-refractivity contribution in [2.75, 3.05) is 26.9 Å². The Morgan fingerprint density at radius 1 is 1.24 bits per heavy atom. The lowest BCUT2D eigenvalue weighted by Crippen LogP contribution is -2.39. The molecule has 1 fully saturated rings. The van der Waals surface area contributed by atoms with Crippen molar-refractivity contribution >= 4 is 0 Å². The molecule has 0 amide bonds. The maximum atomic E-state index is 5.99. The maximum Gasteiger partial charge on any atom is 0.161 e. The van der Waals surface area contributed by atoms with E-state index in [0.29, 0.717) is 13.2 Å². The molecule has 1 aromatic rings. The van der Waals surface area contributed by atoms with Crippen LogP contribution < -0.4 is 14.8 Å². The van der Waals surface area contributed by atoms with Gasteiger partial charge in [-0.25, -0.2) is 0 Å². The number of ether oxygens (including phenoxy) is 3. The monoisotopic (exact) mass is 293 g/mol. The van der Waals surface area contributed by atoms with Gasteiger partial charge in [-0.2, -0.15) is 0 Å². The summed E-state index contributed by atoms with van der Waals surface area (Å²) in [5.74, 6) is 1.61. The van der Waals surface area contributed by atoms with Crippen LogP contribution in [0.5, 0.6) is 11.5 Å². The average molecular weight is 293 g/mol. The van der Waals surface area contributed by atoms with E-state index in [1.165, 1.54) is 5.56 Å². The first-order valence-corrected chi connectivity index (χ1v) is 7.85. The number of hydrogen-bond donors (Lipinski definition) is 1. The highest BCUT2D eigenvalue weighted by atomic mass is 16.5. The van der Waals surface area contributed by atoms with Crippen molar-refractivity contribution in [3.8, 4) is 11.5 Å². The zero-order chi connectivity index (χ0) is 15.3. The molecule has 2 unspecified atom stereocenters. The molecule has 1 saturated heterocycles. The lowest BCUT2D eigenvalue weighted by Gasteiger charge is -2.33. The minimum Gasteiger partial charge on any atom is -0.490 e. The summed E-state index contributed by atoms with van der Waals surface area (Å²) in [6, 6.07) is 6.31. The van der Waals surface area contributed by atoms with Crippen LogP contribution in [-0.4, -0.2) is 32.5 Å². The van der Waals surface area contributed by atoms with E-state index in [0.717, 1.165) is 30.9 Å². The second-order valence-electron chi connectivity index (χ2n) is 5.56. The largest absolute Gasteiger partial charge is 0.490 e. The molecule has 2 atom stereocenters. The van der Waals surface area contributed by atoms with Crippen LogP contribution in [0.4, 0.5) is 0 Å². The van der Waals surface area contributed by atoms with Crippen molar-refractivity contribution < 1.29 is 14.2 Å². The van der Waals surface area contributed by atoms with E-state index in [-0.39, 0.29) is 11.6 Å². The molecule has 4 heteroatoms. The standard InChI is InChI=1S/C17H27NO3/c1-5-19-14-9-8-13(12-15(14)20-6-2)16(18-4)17(3)10-7-11-21-17/h8-9,12,16,18H,5-7,10-11H2,1-4H3. The summed E-state index contributed by atoms with van der Waals surface area (Å²) < 4.78 is 17.3. The molecule has 0 saturated carbocycles. The number of likely N-dealkylation sites (N-methyl/N-ethyl adjacent to an activating group) is 1. The van der Waals surface area contributed by atoms with E-state index in [4.69, 9.17) is 14.2 Å². The fourth-order valence-electron chi connectivity index (χ4n) is 3.10. The Kier molecular flexibility index (Phi) is 5.48. The first kappa shape index (κ1) is 16.1. The molecule has 2 rings (SSSR count). The Balaban J connectivity index is 2.30. The number of nitrogens with one attached hydrogen (secondary N) is 1. The molecule has 0 radical (unpaired) electrons. The fourth-order valence-corrected chi connectivity index (χ4v) is 3.10. The zero-order valence-corrected chi connectivity index (χ0v) is 13.6. The maximum absolute atomic E-state index is 5.99. The molecule has 0 aromatic heterocycles. The van der Waals surface area contributed by atoms with Crippen molar-refractivity contribution in [1.29, 1.82) is 0 Å². The fraction of sp³-hybridized carbons (Fsp3) is 0.647. The average Bonchev–Trinajstić information content (AvgIpc) is 2.90. The smallest absolute Gasteiger partial charge is 0.161 e. The molecular formula is C17H27NO3. The normalized spacial score (nSPS) is 23.0. The molecule has 1 heterocycles. The number of hydrogen-bond acceptors (Lipinski definition) is 4. The summed E-state index contributed by atoms with van der Waals surface area (Å²) in [4.78, 5) is 0. The molecule has 21 heavy (non-hydrogen) atoms. The quantitative estimate of drug-likeness (QED) is 0.837. The van der Waals surface area contributed by atoms with Gasteiger partial charge < -0.3 is 19.5 Å². The van der Waals surface area contributed by atoms with Gasteiger partial charge in [-0.15, -0.1) is 0 Å². The van der Waals surface area contributed by atoms with Crippen molar-refractivity contribution in [2.45, 2.75) is 45.3 Å². The van der Waals surface area contributed by atoms with Crippen LogP contribution in [0.15, 0.2) is 18.2 Å². The summed E-state index contributed by atoms with van der Waals surface area (Å²) in [6.07, 6.45) is 2.18. The highest BCUT2D eigenvalue weighted by Crippen LogP contribution is 2.39. The van der Waals surface area contributed by atoms with Crippen LogP contribution in [0.1, 0.15) is 45.2 Å². The topological polar surface area (TPSA) is 39.7 Å². The Morgan fingerprint density at radius 2 is 1.95 bits per heavy atom.